The number of hydrogen-bond acceptors (Lipinski definition) is 5. The molecular formula is C17H16N4O2. The molecule has 0 atom stereocenters. The van der Waals surface area contributed by atoms with Gasteiger partial charge < -0.3 is 21.5 Å². The number of pyridine rings is 1. The highest BCUT2D eigenvalue weighted by Gasteiger charge is 2.06. The first-order valence-corrected chi connectivity index (χ1v) is 7.07. The summed E-state index contributed by atoms with van der Waals surface area (Å²) in [5.74, 6) is 0.412. The minimum Gasteiger partial charge on any atom is -0.411 e. The molecule has 0 radical (unpaired) electrons. The highest BCUT2D eigenvalue weighted by molar-refractivity contribution is 5.96. The zero-order valence-electron chi connectivity index (χ0n) is 12.3. The third kappa shape index (κ3) is 3.32. The molecule has 3 rings (SSSR count). The van der Waals surface area contributed by atoms with E-state index in [1.807, 2.05) is 36.4 Å². The summed E-state index contributed by atoms with van der Waals surface area (Å²) < 4.78 is 4.80. The maximum Gasteiger partial charge on any atom is 0.409 e. The Hall–Kier alpha value is -3.28. The van der Waals surface area contributed by atoms with Gasteiger partial charge in [0.15, 0.2) is 0 Å². The number of benzene rings is 2. The molecular weight excluding hydrogens is 292 g/mol. The molecule has 0 saturated heterocycles. The monoisotopic (exact) mass is 308 g/mol. The first kappa shape index (κ1) is 14.6. The Morgan fingerprint density at radius 3 is 2.61 bits per heavy atom. The number of carbonyl (C=O) groups excluding carboxylic acids is 1. The topological polar surface area (TPSA) is 103 Å². The van der Waals surface area contributed by atoms with E-state index >= 15 is 0 Å². The molecule has 6 nitrogen and oxygen atoms in total. The van der Waals surface area contributed by atoms with Crippen LogP contribution >= 0.6 is 0 Å². The molecule has 0 bridgehead atoms. The predicted octanol–water partition coefficient (Wildman–Crippen LogP) is 2.89. The molecule has 23 heavy (non-hydrogen) atoms. The summed E-state index contributed by atoms with van der Waals surface area (Å²) >= 11 is 0. The first-order chi connectivity index (χ1) is 11.1. The van der Waals surface area contributed by atoms with Gasteiger partial charge in [-0.3, -0.25) is 4.98 Å². The van der Waals surface area contributed by atoms with Crippen molar-refractivity contribution in [1.29, 1.82) is 0 Å². The summed E-state index contributed by atoms with van der Waals surface area (Å²) in [5, 5.41) is 4.31. The summed E-state index contributed by atoms with van der Waals surface area (Å²) in [6, 6.07) is 14.9. The Bertz CT molecular complexity index is 847. The van der Waals surface area contributed by atoms with Gasteiger partial charge in [0.25, 0.3) is 0 Å². The van der Waals surface area contributed by atoms with Crippen molar-refractivity contribution in [3.05, 3.63) is 60.3 Å². The normalized spacial score (nSPS) is 10.4. The van der Waals surface area contributed by atoms with Crippen molar-refractivity contribution in [2.45, 2.75) is 6.54 Å². The number of para-hydroxylation sites is 1. The molecule has 5 N–H and O–H groups in total. The standard InChI is InChI=1S/C17H16N4O2/c18-14-10-20-15-4-2-1-3-13(15)16(14)21-9-11-5-7-12(8-6-11)23-17(19)22/h1-8,10H,9,18H2,(H2,19,22)(H,20,21). The van der Waals surface area contributed by atoms with Crippen LogP contribution < -0.4 is 21.5 Å². The third-order valence-corrected chi connectivity index (χ3v) is 3.42. The molecule has 0 unspecified atom stereocenters. The fourth-order valence-corrected chi connectivity index (χ4v) is 2.34. The summed E-state index contributed by atoms with van der Waals surface area (Å²) in [6.45, 7) is 0.578. The number of aromatic nitrogens is 1. The Morgan fingerprint density at radius 1 is 1.13 bits per heavy atom. The Labute approximate surface area is 133 Å². The maximum atomic E-state index is 10.7. The van der Waals surface area contributed by atoms with Crippen LogP contribution in [0, 0.1) is 0 Å². The Balaban J connectivity index is 1.78. The minimum absolute atomic E-state index is 0.412. The molecule has 0 aliphatic carbocycles. The number of hydrogen-bond donors (Lipinski definition) is 3. The van der Waals surface area contributed by atoms with E-state index in [4.69, 9.17) is 16.2 Å². The predicted molar refractivity (Wildman–Crippen MR) is 90.1 cm³/mol. The molecule has 6 heteroatoms. The maximum absolute atomic E-state index is 10.7. The van der Waals surface area contributed by atoms with Gasteiger partial charge >= 0.3 is 6.09 Å². The van der Waals surface area contributed by atoms with Gasteiger partial charge in [-0.2, -0.15) is 0 Å². The van der Waals surface area contributed by atoms with Crippen LogP contribution in [-0.4, -0.2) is 11.1 Å². The number of primary amides is 1. The summed E-state index contributed by atoms with van der Waals surface area (Å²) in [4.78, 5) is 15.0. The molecule has 0 spiro atoms. The lowest BCUT2D eigenvalue weighted by Gasteiger charge is -2.12. The summed E-state index contributed by atoms with van der Waals surface area (Å²) in [5.41, 5.74) is 14.4. The molecule has 0 fully saturated rings. The van der Waals surface area contributed by atoms with Gasteiger partial charge in [0.2, 0.25) is 0 Å². The van der Waals surface area contributed by atoms with Gasteiger partial charge in [-0.25, -0.2) is 4.79 Å². The van der Waals surface area contributed by atoms with E-state index in [2.05, 4.69) is 10.3 Å². The quantitative estimate of drug-likeness (QED) is 0.687. The number of fused-ring (bicyclic) bond motifs is 1. The number of anilines is 2. The van der Waals surface area contributed by atoms with Crippen LogP contribution in [0.3, 0.4) is 0 Å². The van der Waals surface area contributed by atoms with Gasteiger partial charge in [0.05, 0.1) is 23.1 Å². The molecule has 2 aromatic carbocycles. The number of amides is 1. The van der Waals surface area contributed by atoms with E-state index in [0.29, 0.717) is 18.0 Å². The number of rotatable bonds is 4. The summed E-state index contributed by atoms with van der Waals surface area (Å²) in [7, 11) is 0. The Morgan fingerprint density at radius 2 is 1.87 bits per heavy atom. The van der Waals surface area contributed by atoms with Crippen LogP contribution in [0.5, 0.6) is 5.75 Å². The molecule has 3 aromatic rings. The molecule has 0 aliphatic rings. The number of nitrogens with two attached hydrogens (primary N) is 2. The van der Waals surface area contributed by atoms with Crippen molar-refractivity contribution < 1.29 is 9.53 Å². The largest absolute Gasteiger partial charge is 0.411 e. The molecule has 1 amide bonds. The minimum atomic E-state index is -0.827. The zero-order chi connectivity index (χ0) is 16.2. The van der Waals surface area contributed by atoms with E-state index in [0.717, 1.165) is 22.2 Å². The molecule has 116 valence electrons. The van der Waals surface area contributed by atoms with Crippen LogP contribution in [0.15, 0.2) is 54.7 Å². The lowest BCUT2D eigenvalue weighted by molar-refractivity contribution is 0.211. The molecule has 0 saturated carbocycles. The number of carbonyl (C=O) groups is 1. The molecule has 1 aromatic heterocycles. The van der Waals surface area contributed by atoms with Crippen molar-refractivity contribution in [1.82, 2.24) is 4.98 Å². The average molecular weight is 308 g/mol. The Kier molecular flexibility index (Phi) is 3.97. The second kappa shape index (κ2) is 6.23. The van der Waals surface area contributed by atoms with Crippen LogP contribution in [0.4, 0.5) is 16.2 Å². The number of nitrogens with zero attached hydrogens (tertiary/aromatic N) is 1. The molecule has 0 aliphatic heterocycles. The SMILES string of the molecule is NC(=O)Oc1ccc(CNc2c(N)cnc3ccccc23)cc1. The fraction of sp³-hybridized carbons (Fsp3) is 0.0588. The number of nitrogens with one attached hydrogen (secondary N) is 1. The van der Waals surface area contributed by atoms with E-state index < -0.39 is 6.09 Å². The van der Waals surface area contributed by atoms with E-state index in [-0.39, 0.29) is 0 Å². The van der Waals surface area contributed by atoms with Crippen LogP contribution in [0.2, 0.25) is 0 Å². The number of ether oxygens (including phenoxy) is 1. The number of nitrogen functional groups attached to an aromatic ring is 1. The highest BCUT2D eigenvalue weighted by Crippen LogP contribution is 2.28. The fourth-order valence-electron chi connectivity index (χ4n) is 2.34. The van der Waals surface area contributed by atoms with Crippen LogP contribution in [-0.2, 0) is 6.54 Å². The average Bonchev–Trinajstić information content (AvgIpc) is 2.55. The van der Waals surface area contributed by atoms with Crippen LogP contribution in [0.1, 0.15) is 5.56 Å². The second-order valence-corrected chi connectivity index (χ2v) is 5.02. The molecule has 1 heterocycles. The van der Waals surface area contributed by atoms with Crippen molar-refractivity contribution >= 4 is 28.4 Å². The van der Waals surface area contributed by atoms with Crippen LogP contribution in [0.25, 0.3) is 10.9 Å². The zero-order valence-corrected chi connectivity index (χ0v) is 12.3. The smallest absolute Gasteiger partial charge is 0.409 e. The van der Waals surface area contributed by atoms with Gasteiger partial charge in [-0.1, -0.05) is 30.3 Å². The second-order valence-electron chi connectivity index (χ2n) is 5.02. The van der Waals surface area contributed by atoms with E-state index in [9.17, 15) is 4.79 Å². The lowest BCUT2D eigenvalue weighted by atomic mass is 10.1. The highest BCUT2D eigenvalue weighted by atomic mass is 16.5. The van der Waals surface area contributed by atoms with Crippen molar-refractivity contribution in [2.75, 3.05) is 11.1 Å². The van der Waals surface area contributed by atoms with Crippen molar-refractivity contribution in [2.24, 2.45) is 5.73 Å². The van der Waals surface area contributed by atoms with Crippen molar-refractivity contribution in [3.8, 4) is 5.75 Å². The van der Waals surface area contributed by atoms with Gasteiger partial charge in [-0.05, 0) is 23.8 Å². The van der Waals surface area contributed by atoms with Gasteiger partial charge in [-0.15, -0.1) is 0 Å². The third-order valence-electron chi connectivity index (χ3n) is 3.42. The van der Waals surface area contributed by atoms with Gasteiger partial charge in [0.1, 0.15) is 5.75 Å². The summed E-state index contributed by atoms with van der Waals surface area (Å²) in [6.07, 6.45) is 0.820. The van der Waals surface area contributed by atoms with Gasteiger partial charge in [0, 0.05) is 11.9 Å². The van der Waals surface area contributed by atoms with E-state index in [1.54, 1.807) is 18.3 Å². The van der Waals surface area contributed by atoms with E-state index in [1.165, 1.54) is 0 Å². The van der Waals surface area contributed by atoms with Crippen molar-refractivity contribution in [3.63, 3.8) is 0 Å². The first-order valence-electron chi connectivity index (χ1n) is 7.07. The lowest BCUT2D eigenvalue weighted by Crippen LogP contribution is -2.16.